The van der Waals surface area contributed by atoms with E-state index in [1.54, 1.807) is 48.5 Å². The molecule has 0 radical (unpaired) electrons. The second-order valence-corrected chi connectivity index (χ2v) is 4.80. The van der Waals surface area contributed by atoms with Gasteiger partial charge in [0.2, 0.25) is 0 Å². The number of nitrogens with one attached hydrogen (secondary N) is 1. The van der Waals surface area contributed by atoms with Crippen LogP contribution in [0.3, 0.4) is 0 Å². The summed E-state index contributed by atoms with van der Waals surface area (Å²) in [6, 6.07) is 13.1. The van der Waals surface area contributed by atoms with Gasteiger partial charge in [0.15, 0.2) is 6.61 Å². The van der Waals surface area contributed by atoms with Crippen molar-refractivity contribution in [1.29, 1.82) is 0 Å². The first-order chi connectivity index (χ1) is 10.6. The molecule has 0 fully saturated rings. The van der Waals surface area contributed by atoms with Crippen LogP contribution in [-0.4, -0.2) is 25.6 Å². The SMILES string of the molecule is COc1ccc(C(=O)OCC(=O)Nc2cccc(Cl)c2)cc1. The van der Waals surface area contributed by atoms with E-state index in [4.69, 9.17) is 21.1 Å². The first-order valence-corrected chi connectivity index (χ1v) is 6.83. The van der Waals surface area contributed by atoms with E-state index >= 15 is 0 Å². The van der Waals surface area contributed by atoms with Crippen LogP contribution >= 0.6 is 11.6 Å². The van der Waals surface area contributed by atoms with Crippen LogP contribution in [0.25, 0.3) is 0 Å². The van der Waals surface area contributed by atoms with E-state index in [2.05, 4.69) is 5.32 Å². The summed E-state index contributed by atoms with van der Waals surface area (Å²) in [6.45, 7) is -0.378. The van der Waals surface area contributed by atoms with Gasteiger partial charge in [-0.3, -0.25) is 4.79 Å². The molecule has 0 bridgehead atoms. The van der Waals surface area contributed by atoms with Crippen molar-refractivity contribution in [3.63, 3.8) is 0 Å². The molecule has 0 aliphatic heterocycles. The molecule has 0 heterocycles. The first kappa shape index (κ1) is 15.9. The van der Waals surface area contributed by atoms with Crippen LogP contribution in [0, 0.1) is 0 Å². The highest BCUT2D eigenvalue weighted by molar-refractivity contribution is 6.30. The van der Waals surface area contributed by atoms with Crippen molar-refractivity contribution >= 4 is 29.2 Å². The summed E-state index contributed by atoms with van der Waals surface area (Å²) in [6.07, 6.45) is 0. The van der Waals surface area contributed by atoms with E-state index in [0.29, 0.717) is 22.0 Å². The van der Waals surface area contributed by atoms with Gasteiger partial charge in [-0.1, -0.05) is 17.7 Å². The molecular formula is C16H14ClNO4. The molecule has 0 aliphatic rings. The summed E-state index contributed by atoms with van der Waals surface area (Å²) in [5.74, 6) is -0.386. The van der Waals surface area contributed by atoms with Crippen molar-refractivity contribution in [2.45, 2.75) is 0 Å². The van der Waals surface area contributed by atoms with Crippen LogP contribution in [0.5, 0.6) is 5.75 Å². The molecule has 1 amide bonds. The zero-order valence-corrected chi connectivity index (χ0v) is 12.6. The summed E-state index contributed by atoms with van der Waals surface area (Å²) in [5, 5.41) is 3.09. The van der Waals surface area contributed by atoms with Gasteiger partial charge in [0.05, 0.1) is 12.7 Å². The topological polar surface area (TPSA) is 64.6 Å². The van der Waals surface area contributed by atoms with Crippen molar-refractivity contribution in [1.82, 2.24) is 0 Å². The third-order valence-electron chi connectivity index (χ3n) is 2.77. The fourth-order valence-corrected chi connectivity index (χ4v) is 1.90. The third kappa shape index (κ3) is 4.49. The second kappa shape index (κ2) is 7.47. The van der Waals surface area contributed by atoms with Crippen molar-refractivity contribution in [3.05, 3.63) is 59.1 Å². The Morgan fingerprint density at radius 3 is 2.50 bits per heavy atom. The Morgan fingerprint density at radius 1 is 1.14 bits per heavy atom. The molecule has 5 nitrogen and oxygen atoms in total. The van der Waals surface area contributed by atoms with Crippen LogP contribution < -0.4 is 10.1 Å². The predicted octanol–water partition coefficient (Wildman–Crippen LogP) is 3.14. The minimum absolute atomic E-state index is 0.344. The lowest BCUT2D eigenvalue weighted by Gasteiger charge is -2.07. The highest BCUT2D eigenvalue weighted by Gasteiger charge is 2.10. The number of hydrogen-bond donors (Lipinski definition) is 1. The monoisotopic (exact) mass is 319 g/mol. The molecule has 0 atom stereocenters. The molecule has 0 spiro atoms. The van der Waals surface area contributed by atoms with Crippen molar-refractivity contribution in [3.8, 4) is 5.75 Å². The van der Waals surface area contributed by atoms with Gasteiger partial charge >= 0.3 is 5.97 Å². The molecule has 0 saturated carbocycles. The molecule has 2 aromatic rings. The molecule has 0 saturated heterocycles. The number of carbonyl (C=O) groups excluding carboxylic acids is 2. The lowest BCUT2D eigenvalue weighted by Crippen LogP contribution is -2.20. The van der Waals surface area contributed by atoms with E-state index in [1.165, 1.54) is 7.11 Å². The Balaban J connectivity index is 1.86. The molecule has 0 aromatic heterocycles. The summed E-state index contributed by atoms with van der Waals surface area (Å²) >= 11 is 5.81. The molecule has 6 heteroatoms. The van der Waals surface area contributed by atoms with Gasteiger partial charge in [0, 0.05) is 10.7 Å². The van der Waals surface area contributed by atoms with Crippen LogP contribution in [0.4, 0.5) is 5.69 Å². The first-order valence-electron chi connectivity index (χ1n) is 6.45. The number of anilines is 1. The van der Waals surface area contributed by atoms with E-state index in [1.807, 2.05) is 0 Å². The van der Waals surface area contributed by atoms with Gasteiger partial charge in [-0.2, -0.15) is 0 Å². The molecule has 0 aliphatic carbocycles. The lowest BCUT2D eigenvalue weighted by molar-refractivity contribution is -0.119. The van der Waals surface area contributed by atoms with E-state index in [9.17, 15) is 9.59 Å². The number of halogens is 1. The Bertz CT molecular complexity index is 670. The Hall–Kier alpha value is -2.53. The number of amides is 1. The summed E-state index contributed by atoms with van der Waals surface area (Å²) < 4.78 is 9.94. The van der Waals surface area contributed by atoms with Crippen LogP contribution in [0.2, 0.25) is 5.02 Å². The minimum atomic E-state index is -0.580. The smallest absolute Gasteiger partial charge is 0.338 e. The number of rotatable bonds is 5. The Labute approximate surface area is 132 Å². The van der Waals surface area contributed by atoms with Crippen LogP contribution in [0.15, 0.2) is 48.5 Å². The Kier molecular flexibility index (Phi) is 5.38. The van der Waals surface area contributed by atoms with Crippen molar-refractivity contribution in [2.24, 2.45) is 0 Å². The number of esters is 1. The summed E-state index contributed by atoms with van der Waals surface area (Å²) in [7, 11) is 1.54. The van der Waals surface area contributed by atoms with Gasteiger partial charge in [0.25, 0.3) is 5.91 Å². The number of carbonyl (C=O) groups is 2. The average molecular weight is 320 g/mol. The van der Waals surface area contributed by atoms with E-state index in [-0.39, 0.29) is 6.61 Å². The largest absolute Gasteiger partial charge is 0.497 e. The van der Waals surface area contributed by atoms with Gasteiger partial charge in [0.1, 0.15) is 5.75 Å². The number of benzene rings is 2. The molecule has 22 heavy (non-hydrogen) atoms. The van der Waals surface area contributed by atoms with Gasteiger partial charge in [-0.05, 0) is 42.5 Å². The highest BCUT2D eigenvalue weighted by Crippen LogP contribution is 2.15. The number of methoxy groups -OCH3 is 1. The Morgan fingerprint density at radius 2 is 1.86 bits per heavy atom. The maximum absolute atomic E-state index is 11.8. The summed E-state index contributed by atoms with van der Waals surface area (Å²) in [5.41, 5.74) is 0.884. The molecule has 2 aromatic carbocycles. The molecule has 2 rings (SSSR count). The van der Waals surface area contributed by atoms with Gasteiger partial charge in [-0.25, -0.2) is 4.79 Å². The zero-order valence-electron chi connectivity index (χ0n) is 11.8. The lowest BCUT2D eigenvalue weighted by atomic mass is 10.2. The van der Waals surface area contributed by atoms with Crippen LogP contribution in [0.1, 0.15) is 10.4 Å². The van der Waals surface area contributed by atoms with E-state index in [0.717, 1.165) is 0 Å². The fraction of sp³-hybridized carbons (Fsp3) is 0.125. The number of ether oxygens (including phenoxy) is 2. The minimum Gasteiger partial charge on any atom is -0.497 e. The maximum Gasteiger partial charge on any atom is 0.338 e. The normalized spacial score (nSPS) is 9.91. The fourth-order valence-electron chi connectivity index (χ4n) is 1.70. The zero-order chi connectivity index (χ0) is 15.9. The highest BCUT2D eigenvalue weighted by atomic mass is 35.5. The molecule has 114 valence electrons. The van der Waals surface area contributed by atoms with Crippen molar-refractivity contribution < 1.29 is 19.1 Å². The molecular weight excluding hydrogens is 306 g/mol. The van der Waals surface area contributed by atoms with Crippen molar-refractivity contribution in [2.75, 3.05) is 19.0 Å². The molecule has 0 unspecified atom stereocenters. The maximum atomic E-state index is 11.8. The third-order valence-corrected chi connectivity index (χ3v) is 3.00. The number of hydrogen-bond acceptors (Lipinski definition) is 4. The second-order valence-electron chi connectivity index (χ2n) is 4.36. The molecule has 1 N–H and O–H groups in total. The average Bonchev–Trinajstić information content (AvgIpc) is 2.52. The quantitative estimate of drug-likeness (QED) is 0.860. The van der Waals surface area contributed by atoms with Gasteiger partial charge < -0.3 is 14.8 Å². The van der Waals surface area contributed by atoms with E-state index < -0.39 is 11.9 Å². The predicted molar refractivity (Wildman–Crippen MR) is 83.4 cm³/mol. The summed E-state index contributed by atoms with van der Waals surface area (Å²) in [4.78, 5) is 23.5. The standard InChI is InChI=1S/C16H14ClNO4/c1-21-14-7-5-11(6-8-14)16(20)22-10-15(19)18-13-4-2-3-12(17)9-13/h2-9H,10H2,1H3,(H,18,19). The van der Waals surface area contributed by atoms with Gasteiger partial charge in [-0.15, -0.1) is 0 Å². The van der Waals surface area contributed by atoms with Crippen LogP contribution in [-0.2, 0) is 9.53 Å².